The lowest BCUT2D eigenvalue weighted by Gasteiger charge is -2.26. The molecule has 0 bridgehead atoms. The minimum atomic E-state index is -4.49. The Balaban J connectivity index is 2.19. The van der Waals surface area contributed by atoms with Crippen LogP contribution < -0.4 is 0 Å². The summed E-state index contributed by atoms with van der Waals surface area (Å²) < 4.78 is 39.4. The normalized spacial score (nSPS) is 13.8. The molecule has 0 saturated heterocycles. The van der Waals surface area contributed by atoms with Crippen molar-refractivity contribution in [3.63, 3.8) is 0 Å². The molecule has 1 unspecified atom stereocenters. The number of benzene rings is 1. The molecule has 2 aromatic heterocycles. The molecule has 0 radical (unpaired) electrons. The highest BCUT2D eigenvalue weighted by atomic mass is 19.4. The summed E-state index contributed by atoms with van der Waals surface area (Å²) in [5.74, 6) is 0. The third-order valence-corrected chi connectivity index (χ3v) is 3.98. The van der Waals surface area contributed by atoms with Crippen LogP contribution in [0.15, 0.2) is 61.2 Å². The molecule has 0 aliphatic heterocycles. The third-order valence-electron chi connectivity index (χ3n) is 3.98. The van der Waals surface area contributed by atoms with E-state index in [1.165, 1.54) is 24.7 Å². The number of nitrogens with zero attached hydrogens (tertiary/aromatic N) is 3. The molecule has 1 N–H and O–H groups in total. The van der Waals surface area contributed by atoms with Crippen LogP contribution >= 0.6 is 0 Å². The van der Waals surface area contributed by atoms with Crippen molar-refractivity contribution in [3.05, 3.63) is 83.7 Å². The molecule has 7 heteroatoms. The van der Waals surface area contributed by atoms with Gasteiger partial charge in [0.1, 0.15) is 5.41 Å². The van der Waals surface area contributed by atoms with Crippen LogP contribution in [0.25, 0.3) is 0 Å². The fourth-order valence-electron chi connectivity index (χ4n) is 2.74. The van der Waals surface area contributed by atoms with Gasteiger partial charge in [-0.05, 0) is 29.8 Å². The van der Waals surface area contributed by atoms with E-state index in [1.54, 1.807) is 24.4 Å². The van der Waals surface area contributed by atoms with Gasteiger partial charge in [-0.1, -0.05) is 18.2 Å². The number of imidazole rings is 1. The molecule has 0 amide bonds. The number of halogens is 3. The number of nitriles is 1. The first-order valence-electron chi connectivity index (χ1n) is 7.44. The van der Waals surface area contributed by atoms with Crippen molar-refractivity contribution in [3.8, 4) is 6.07 Å². The predicted molar refractivity (Wildman–Crippen MR) is 84.4 cm³/mol. The van der Waals surface area contributed by atoms with Gasteiger partial charge >= 0.3 is 6.18 Å². The average Bonchev–Trinajstić information content (AvgIpc) is 3.13. The van der Waals surface area contributed by atoms with Gasteiger partial charge in [0.05, 0.1) is 29.3 Å². The molecule has 0 aliphatic carbocycles. The Morgan fingerprint density at radius 3 is 2.44 bits per heavy atom. The maximum Gasteiger partial charge on any atom is 0.416 e. The van der Waals surface area contributed by atoms with Crippen molar-refractivity contribution in [2.24, 2.45) is 0 Å². The van der Waals surface area contributed by atoms with Gasteiger partial charge in [0.25, 0.3) is 0 Å². The zero-order valence-corrected chi connectivity index (χ0v) is 13.0. The molecular weight excluding hydrogens is 329 g/mol. The molecule has 1 aromatic carbocycles. The van der Waals surface area contributed by atoms with Crippen molar-refractivity contribution < 1.29 is 13.2 Å². The van der Waals surface area contributed by atoms with Gasteiger partial charge in [0, 0.05) is 18.8 Å². The molecule has 3 aromatic rings. The van der Waals surface area contributed by atoms with E-state index in [0.717, 1.165) is 12.1 Å². The Labute approximate surface area is 142 Å². The second-order valence-corrected chi connectivity index (χ2v) is 5.55. The summed E-state index contributed by atoms with van der Waals surface area (Å²) in [6.45, 7) is 0. The highest BCUT2D eigenvalue weighted by molar-refractivity contribution is 5.46. The fraction of sp³-hybridized carbons (Fsp3) is 0.167. The number of aromatic nitrogens is 3. The lowest BCUT2D eigenvalue weighted by Crippen LogP contribution is -2.30. The van der Waals surface area contributed by atoms with E-state index in [1.807, 2.05) is 0 Å². The lowest BCUT2D eigenvalue weighted by molar-refractivity contribution is -0.137. The molecule has 3 rings (SSSR count). The maximum atomic E-state index is 13.1. The summed E-state index contributed by atoms with van der Waals surface area (Å²) in [5.41, 5.74) is -1.02. The number of hydrogen-bond acceptors (Lipinski definition) is 3. The van der Waals surface area contributed by atoms with E-state index < -0.39 is 17.2 Å². The van der Waals surface area contributed by atoms with Gasteiger partial charge in [0.2, 0.25) is 0 Å². The summed E-state index contributed by atoms with van der Waals surface area (Å²) in [4.78, 5) is 11.1. The van der Waals surface area contributed by atoms with Gasteiger partial charge in [0.15, 0.2) is 0 Å². The topological polar surface area (TPSA) is 65.4 Å². The van der Waals surface area contributed by atoms with Gasteiger partial charge in [-0.3, -0.25) is 4.98 Å². The number of pyridine rings is 1. The first-order chi connectivity index (χ1) is 12.0. The van der Waals surface area contributed by atoms with E-state index >= 15 is 0 Å². The number of aromatic amines is 1. The average molecular weight is 342 g/mol. The quantitative estimate of drug-likeness (QED) is 0.782. The molecule has 0 fully saturated rings. The first-order valence-corrected chi connectivity index (χ1v) is 7.44. The molecule has 0 saturated carbocycles. The third kappa shape index (κ3) is 3.24. The molecule has 126 valence electrons. The first kappa shape index (κ1) is 16.7. The van der Waals surface area contributed by atoms with E-state index in [-0.39, 0.29) is 12.0 Å². The van der Waals surface area contributed by atoms with Gasteiger partial charge in [-0.15, -0.1) is 0 Å². The van der Waals surface area contributed by atoms with Gasteiger partial charge in [-0.25, -0.2) is 4.98 Å². The van der Waals surface area contributed by atoms with Crippen molar-refractivity contribution >= 4 is 0 Å². The zero-order chi connectivity index (χ0) is 17.9. The summed E-state index contributed by atoms with van der Waals surface area (Å²) in [6, 6.07) is 12.0. The van der Waals surface area contributed by atoms with Crippen LogP contribution in [0.5, 0.6) is 0 Å². The SMILES string of the molecule is N#CC(Cc1c[nH]cn1)(c1cccc(C(F)(F)F)c1)c1ccccn1. The molecule has 1 atom stereocenters. The largest absolute Gasteiger partial charge is 0.416 e. The van der Waals surface area contributed by atoms with Crippen LogP contribution in [0.4, 0.5) is 13.2 Å². The number of hydrogen-bond donors (Lipinski definition) is 1. The van der Waals surface area contributed by atoms with Crippen LogP contribution in [0.2, 0.25) is 0 Å². The second kappa shape index (κ2) is 6.40. The Bertz CT molecular complexity index is 883. The fourth-order valence-corrected chi connectivity index (χ4v) is 2.74. The standard InChI is InChI=1S/C18H13F3N4/c19-18(20,21)14-5-3-4-13(8-14)17(11-22,9-15-10-23-12-25-15)16-6-1-2-7-24-16/h1-8,10,12H,9H2,(H,23,25). The molecule has 0 spiro atoms. The smallest absolute Gasteiger partial charge is 0.351 e. The molecular formula is C18H13F3N4. The summed E-state index contributed by atoms with van der Waals surface area (Å²) in [7, 11) is 0. The lowest BCUT2D eigenvalue weighted by atomic mass is 9.74. The van der Waals surface area contributed by atoms with Crippen LogP contribution in [0.1, 0.15) is 22.5 Å². The van der Waals surface area contributed by atoms with Crippen molar-refractivity contribution in [2.75, 3.05) is 0 Å². The summed E-state index contributed by atoms with van der Waals surface area (Å²) in [6.07, 6.45) is 0.198. The summed E-state index contributed by atoms with van der Waals surface area (Å²) in [5, 5.41) is 9.97. The minimum Gasteiger partial charge on any atom is -0.351 e. The Kier molecular flexibility index (Phi) is 4.28. The Morgan fingerprint density at radius 2 is 1.84 bits per heavy atom. The molecule has 25 heavy (non-hydrogen) atoms. The van der Waals surface area contributed by atoms with E-state index in [2.05, 4.69) is 21.0 Å². The monoisotopic (exact) mass is 342 g/mol. The van der Waals surface area contributed by atoms with E-state index in [9.17, 15) is 18.4 Å². The number of rotatable bonds is 4. The second-order valence-electron chi connectivity index (χ2n) is 5.55. The van der Waals surface area contributed by atoms with Crippen LogP contribution in [-0.4, -0.2) is 15.0 Å². The van der Waals surface area contributed by atoms with Crippen LogP contribution in [-0.2, 0) is 18.0 Å². The van der Waals surface area contributed by atoms with E-state index in [4.69, 9.17) is 0 Å². The minimum absolute atomic E-state index is 0.103. The van der Waals surface area contributed by atoms with E-state index in [0.29, 0.717) is 11.4 Å². The van der Waals surface area contributed by atoms with Crippen molar-refractivity contribution in [2.45, 2.75) is 18.0 Å². The molecule has 2 heterocycles. The Hall–Kier alpha value is -3.14. The molecule has 4 nitrogen and oxygen atoms in total. The zero-order valence-electron chi connectivity index (χ0n) is 13.0. The predicted octanol–water partition coefficient (Wildman–Crippen LogP) is 3.88. The van der Waals surface area contributed by atoms with Crippen LogP contribution in [0, 0.1) is 11.3 Å². The van der Waals surface area contributed by atoms with Crippen molar-refractivity contribution in [1.82, 2.24) is 15.0 Å². The molecule has 0 aliphatic rings. The highest BCUT2D eigenvalue weighted by Gasteiger charge is 2.39. The summed E-state index contributed by atoms with van der Waals surface area (Å²) >= 11 is 0. The number of H-pyrrole nitrogens is 1. The van der Waals surface area contributed by atoms with Gasteiger partial charge < -0.3 is 4.98 Å². The van der Waals surface area contributed by atoms with Crippen molar-refractivity contribution in [1.29, 1.82) is 5.26 Å². The number of nitrogens with one attached hydrogen (secondary N) is 1. The number of alkyl halides is 3. The van der Waals surface area contributed by atoms with Crippen LogP contribution in [0.3, 0.4) is 0 Å². The highest BCUT2D eigenvalue weighted by Crippen LogP contribution is 2.37. The maximum absolute atomic E-state index is 13.1. The Morgan fingerprint density at radius 1 is 1.04 bits per heavy atom. The van der Waals surface area contributed by atoms with Gasteiger partial charge in [-0.2, -0.15) is 18.4 Å².